The maximum atomic E-state index is 12.4. The summed E-state index contributed by atoms with van der Waals surface area (Å²) in [6, 6.07) is 8.08. The molecule has 3 atom stereocenters. The van der Waals surface area contributed by atoms with Gasteiger partial charge in [-0.3, -0.25) is 4.79 Å². The summed E-state index contributed by atoms with van der Waals surface area (Å²) < 4.78 is 0. The minimum atomic E-state index is -1.13. The van der Waals surface area contributed by atoms with Gasteiger partial charge in [0.15, 0.2) is 0 Å². The van der Waals surface area contributed by atoms with Crippen LogP contribution in [0.4, 0.5) is 0 Å². The van der Waals surface area contributed by atoms with Gasteiger partial charge in [0.2, 0.25) is 5.91 Å². The Bertz CT molecular complexity index is 599. The van der Waals surface area contributed by atoms with Crippen LogP contribution < -0.4 is 40.0 Å². The topological polar surface area (TPSA) is 69.2 Å². The molecule has 0 aromatic heterocycles. The van der Waals surface area contributed by atoms with Gasteiger partial charge in [-0.2, -0.15) is 0 Å². The molecule has 0 heterocycles. The van der Waals surface area contributed by atoms with Crippen LogP contribution in [0, 0.1) is 11.8 Å². The molecule has 2 aliphatic rings. The molecule has 110 valence electrons. The summed E-state index contributed by atoms with van der Waals surface area (Å²) in [6.45, 7) is 0. The molecule has 0 saturated heterocycles. The fourth-order valence-electron chi connectivity index (χ4n) is 3.35. The van der Waals surface area contributed by atoms with E-state index in [1.54, 1.807) is 0 Å². The van der Waals surface area contributed by atoms with Crippen LogP contribution in [0.1, 0.15) is 36.4 Å². The number of carboxylic acid groups (broad SMARTS) is 1. The Morgan fingerprint density at radius 2 is 1.77 bits per heavy atom. The van der Waals surface area contributed by atoms with Gasteiger partial charge in [0.25, 0.3) is 0 Å². The second-order valence-electron chi connectivity index (χ2n) is 5.77. The Morgan fingerprint density at radius 3 is 2.50 bits per heavy atom. The number of rotatable bonds is 3. The molecular formula is C17H18NNaO3. The smallest absolute Gasteiger partial charge is 0.550 e. The summed E-state index contributed by atoms with van der Waals surface area (Å²) in [7, 11) is 0. The summed E-state index contributed by atoms with van der Waals surface area (Å²) in [5, 5.41) is 14.2. The number of aliphatic carboxylic acids is 1. The van der Waals surface area contributed by atoms with Gasteiger partial charge in [0.1, 0.15) is 0 Å². The Balaban J connectivity index is 0.00000176. The Labute approximate surface area is 152 Å². The van der Waals surface area contributed by atoms with Crippen LogP contribution in [-0.2, 0) is 16.0 Å². The molecule has 4 nitrogen and oxygen atoms in total. The first kappa shape index (κ1) is 17.3. The van der Waals surface area contributed by atoms with E-state index in [1.165, 1.54) is 5.56 Å². The number of allylic oxidation sites excluding steroid dienone is 2. The molecule has 1 aromatic rings. The molecule has 0 spiro atoms. The molecule has 0 fully saturated rings. The third kappa shape index (κ3) is 3.45. The van der Waals surface area contributed by atoms with Crippen molar-refractivity contribution in [3.05, 3.63) is 47.5 Å². The average Bonchev–Trinajstić information content (AvgIpc) is 2.90. The predicted octanol–water partition coefficient (Wildman–Crippen LogP) is -1.87. The van der Waals surface area contributed by atoms with Crippen molar-refractivity contribution >= 4 is 11.9 Å². The van der Waals surface area contributed by atoms with E-state index in [0.29, 0.717) is 12.8 Å². The zero-order valence-corrected chi connectivity index (χ0v) is 14.7. The predicted molar refractivity (Wildman–Crippen MR) is 76.0 cm³/mol. The van der Waals surface area contributed by atoms with Crippen LogP contribution in [0.2, 0.25) is 0 Å². The normalized spacial score (nSPS) is 25.9. The molecule has 1 aromatic carbocycles. The number of hydrogen-bond donors (Lipinski definition) is 1. The maximum absolute atomic E-state index is 12.4. The number of carbonyl (C=O) groups is 2. The molecule has 1 amide bonds. The third-order valence-electron chi connectivity index (χ3n) is 4.52. The summed E-state index contributed by atoms with van der Waals surface area (Å²) in [5.74, 6) is -2.54. The van der Waals surface area contributed by atoms with Gasteiger partial charge in [-0.25, -0.2) is 0 Å². The molecular weight excluding hydrogens is 289 g/mol. The SMILES string of the molecule is O=C(NC1CCc2ccccc21)[C@H]1CC=CC[C@H]1C(=O)[O-].[Na+]. The first-order valence-corrected chi connectivity index (χ1v) is 7.41. The average molecular weight is 307 g/mol. The minimum Gasteiger partial charge on any atom is -0.550 e. The van der Waals surface area contributed by atoms with Crippen LogP contribution in [0.5, 0.6) is 0 Å². The molecule has 1 N–H and O–H groups in total. The molecule has 0 saturated carbocycles. The molecule has 0 bridgehead atoms. The summed E-state index contributed by atoms with van der Waals surface area (Å²) in [6.07, 6.45) is 6.38. The minimum absolute atomic E-state index is 0. The number of carbonyl (C=O) groups excluding carboxylic acids is 2. The van der Waals surface area contributed by atoms with Crippen molar-refractivity contribution in [3.8, 4) is 0 Å². The van der Waals surface area contributed by atoms with Crippen molar-refractivity contribution in [1.29, 1.82) is 0 Å². The molecule has 2 aliphatic carbocycles. The molecule has 22 heavy (non-hydrogen) atoms. The van der Waals surface area contributed by atoms with Gasteiger partial charge in [-0.15, -0.1) is 0 Å². The molecule has 5 heteroatoms. The third-order valence-corrected chi connectivity index (χ3v) is 4.52. The molecule has 0 aliphatic heterocycles. The standard InChI is InChI=1S/C17H19NO3.Na/c19-16(13-7-3-4-8-14(13)17(20)21)18-15-10-9-11-5-1-2-6-12(11)15;/h1-6,13-15H,7-10H2,(H,18,19)(H,20,21);/q;+1/p-1/t13-,14+,15?;/m0./s1. The zero-order chi connectivity index (χ0) is 14.8. The van der Waals surface area contributed by atoms with E-state index >= 15 is 0 Å². The number of carboxylic acids is 1. The van der Waals surface area contributed by atoms with Gasteiger partial charge < -0.3 is 15.2 Å². The number of benzene rings is 1. The van der Waals surface area contributed by atoms with Crippen molar-refractivity contribution < 1.29 is 44.3 Å². The summed E-state index contributed by atoms with van der Waals surface area (Å²) in [4.78, 5) is 23.6. The van der Waals surface area contributed by atoms with E-state index in [0.717, 1.165) is 18.4 Å². The van der Waals surface area contributed by atoms with E-state index < -0.39 is 17.8 Å². The number of nitrogens with one attached hydrogen (secondary N) is 1. The molecule has 0 radical (unpaired) electrons. The van der Waals surface area contributed by atoms with Gasteiger partial charge in [0, 0.05) is 17.8 Å². The fourth-order valence-corrected chi connectivity index (χ4v) is 3.35. The van der Waals surface area contributed by atoms with Crippen molar-refractivity contribution in [3.63, 3.8) is 0 Å². The van der Waals surface area contributed by atoms with Crippen LogP contribution in [-0.4, -0.2) is 11.9 Å². The van der Waals surface area contributed by atoms with Crippen molar-refractivity contribution in [2.75, 3.05) is 0 Å². The fraction of sp³-hybridized carbons (Fsp3) is 0.412. The van der Waals surface area contributed by atoms with E-state index in [1.807, 2.05) is 30.4 Å². The number of amides is 1. The van der Waals surface area contributed by atoms with Crippen molar-refractivity contribution in [1.82, 2.24) is 5.32 Å². The monoisotopic (exact) mass is 307 g/mol. The Hall–Kier alpha value is -1.10. The van der Waals surface area contributed by atoms with Gasteiger partial charge in [-0.1, -0.05) is 36.4 Å². The van der Waals surface area contributed by atoms with Gasteiger partial charge in [-0.05, 0) is 36.8 Å². The number of aryl methyl sites for hydroxylation is 1. The van der Waals surface area contributed by atoms with Crippen LogP contribution >= 0.6 is 0 Å². The molecule has 1 unspecified atom stereocenters. The Morgan fingerprint density at radius 1 is 1.09 bits per heavy atom. The van der Waals surface area contributed by atoms with E-state index in [2.05, 4.69) is 11.4 Å². The van der Waals surface area contributed by atoms with Gasteiger partial charge in [0.05, 0.1) is 6.04 Å². The second-order valence-corrected chi connectivity index (χ2v) is 5.77. The number of hydrogen-bond acceptors (Lipinski definition) is 3. The molecule has 3 rings (SSSR count). The van der Waals surface area contributed by atoms with Crippen LogP contribution in [0.3, 0.4) is 0 Å². The van der Waals surface area contributed by atoms with E-state index in [4.69, 9.17) is 0 Å². The largest absolute Gasteiger partial charge is 1.00 e. The quantitative estimate of drug-likeness (QED) is 0.525. The van der Waals surface area contributed by atoms with Crippen molar-refractivity contribution in [2.45, 2.75) is 31.7 Å². The van der Waals surface area contributed by atoms with Crippen molar-refractivity contribution in [2.24, 2.45) is 11.8 Å². The number of fused-ring (bicyclic) bond motifs is 1. The first-order valence-electron chi connectivity index (χ1n) is 7.41. The van der Waals surface area contributed by atoms with E-state index in [-0.39, 0.29) is 41.5 Å². The second kappa shape index (κ2) is 7.44. The van der Waals surface area contributed by atoms with Crippen LogP contribution in [0.25, 0.3) is 0 Å². The first-order chi connectivity index (χ1) is 10.2. The van der Waals surface area contributed by atoms with Gasteiger partial charge >= 0.3 is 29.6 Å². The zero-order valence-electron chi connectivity index (χ0n) is 12.7. The maximum Gasteiger partial charge on any atom is 1.00 e. The van der Waals surface area contributed by atoms with Crippen LogP contribution in [0.15, 0.2) is 36.4 Å². The van der Waals surface area contributed by atoms with E-state index in [9.17, 15) is 14.7 Å². The summed E-state index contributed by atoms with van der Waals surface area (Å²) >= 11 is 0. The Kier molecular flexibility index (Phi) is 5.84. The summed E-state index contributed by atoms with van der Waals surface area (Å²) in [5.41, 5.74) is 2.42.